The summed E-state index contributed by atoms with van der Waals surface area (Å²) >= 11 is 6.05. The van der Waals surface area contributed by atoms with Gasteiger partial charge in [-0.25, -0.2) is 0 Å². The number of fused-ring (bicyclic) bond motifs is 1. The summed E-state index contributed by atoms with van der Waals surface area (Å²) in [4.78, 5) is 17.1. The molecule has 0 aliphatic carbocycles. The molecule has 2 heterocycles. The maximum absolute atomic E-state index is 12.9. The fraction of sp³-hybridized carbons (Fsp3) is 0.500. The van der Waals surface area contributed by atoms with Gasteiger partial charge in [-0.05, 0) is 51.9 Å². The summed E-state index contributed by atoms with van der Waals surface area (Å²) in [5.74, 6) is 0.382. The van der Waals surface area contributed by atoms with Gasteiger partial charge < -0.3 is 14.2 Å². The molecule has 0 spiro atoms. The molecule has 2 atom stereocenters. The van der Waals surface area contributed by atoms with Crippen molar-refractivity contribution in [3.8, 4) is 0 Å². The first kappa shape index (κ1) is 16.3. The number of rotatable bonds is 2. The first-order chi connectivity index (χ1) is 10.9. The van der Waals surface area contributed by atoms with E-state index in [1.165, 1.54) is 0 Å². The van der Waals surface area contributed by atoms with Crippen molar-refractivity contribution in [2.45, 2.75) is 38.8 Å². The van der Waals surface area contributed by atoms with Crippen molar-refractivity contribution in [3.63, 3.8) is 0 Å². The number of benzene rings is 1. The van der Waals surface area contributed by atoms with Gasteiger partial charge >= 0.3 is 0 Å². The molecule has 124 valence electrons. The molecule has 1 aliphatic rings. The van der Waals surface area contributed by atoms with Crippen molar-refractivity contribution in [1.29, 1.82) is 0 Å². The van der Waals surface area contributed by atoms with Crippen LogP contribution in [-0.4, -0.2) is 48.4 Å². The molecule has 1 aliphatic heterocycles. The molecule has 1 aromatic carbocycles. The first-order valence-corrected chi connectivity index (χ1v) is 8.42. The fourth-order valence-electron chi connectivity index (χ4n) is 3.34. The quantitative estimate of drug-likeness (QED) is 0.834. The van der Waals surface area contributed by atoms with Crippen molar-refractivity contribution in [2.75, 3.05) is 20.6 Å². The van der Waals surface area contributed by atoms with Crippen LogP contribution in [0.5, 0.6) is 0 Å². The predicted molar refractivity (Wildman–Crippen MR) is 93.2 cm³/mol. The van der Waals surface area contributed by atoms with Crippen molar-refractivity contribution >= 4 is 28.5 Å². The average molecular weight is 335 g/mol. The van der Waals surface area contributed by atoms with Crippen LogP contribution in [0.2, 0.25) is 5.02 Å². The largest absolute Gasteiger partial charge is 0.451 e. The molecule has 4 nitrogen and oxygen atoms in total. The van der Waals surface area contributed by atoms with E-state index >= 15 is 0 Å². The van der Waals surface area contributed by atoms with Gasteiger partial charge in [0.25, 0.3) is 5.91 Å². The zero-order valence-corrected chi connectivity index (χ0v) is 14.9. The Labute approximate surface area is 142 Å². The van der Waals surface area contributed by atoms with E-state index in [0.29, 0.717) is 22.4 Å². The second-order valence-corrected chi connectivity index (χ2v) is 7.06. The van der Waals surface area contributed by atoms with Crippen LogP contribution < -0.4 is 0 Å². The summed E-state index contributed by atoms with van der Waals surface area (Å²) < 4.78 is 5.82. The Morgan fingerprint density at radius 3 is 2.87 bits per heavy atom. The number of hydrogen-bond donors (Lipinski definition) is 0. The molecule has 5 heteroatoms. The minimum Gasteiger partial charge on any atom is -0.451 e. The van der Waals surface area contributed by atoms with Gasteiger partial charge in [-0.2, -0.15) is 0 Å². The lowest BCUT2D eigenvalue weighted by Gasteiger charge is -2.39. The summed E-state index contributed by atoms with van der Waals surface area (Å²) in [5.41, 5.74) is 1.57. The minimum absolute atomic E-state index is 0.0448. The number of carbonyl (C=O) groups is 1. The van der Waals surface area contributed by atoms with Crippen LogP contribution >= 0.6 is 11.6 Å². The van der Waals surface area contributed by atoms with E-state index < -0.39 is 0 Å². The number of hydrogen-bond acceptors (Lipinski definition) is 3. The second kappa shape index (κ2) is 6.17. The van der Waals surface area contributed by atoms with Crippen LogP contribution in [0.4, 0.5) is 0 Å². The van der Waals surface area contributed by atoms with Gasteiger partial charge in [0.2, 0.25) is 0 Å². The number of likely N-dealkylation sites (tertiary alicyclic amines) is 1. The number of amides is 1. The summed E-state index contributed by atoms with van der Waals surface area (Å²) in [6.45, 7) is 5.14. The third kappa shape index (κ3) is 2.98. The summed E-state index contributed by atoms with van der Waals surface area (Å²) in [6, 6.07) is 6.19. The lowest BCUT2D eigenvalue weighted by molar-refractivity contribution is 0.0570. The standard InChI is InChI=1S/C18H23ClN2O2/c1-11-9-14(7-8-20(11)3)21(4)18(22)17-12(2)15-10-13(19)5-6-16(15)23-17/h5-6,10-11,14H,7-9H2,1-4H3. The second-order valence-electron chi connectivity index (χ2n) is 6.62. The first-order valence-electron chi connectivity index (χ1n) is 8.04. The summed E-state index contributed by atoms with van der Waals surface area (Å²) in [5, 5.41) is 1.56. The van der Waals surface area contributed by atoms with Gasteiger partial charge in [-0.1, -0.05) is 11.6 Å². The highest BCUT2D eigenvalue weighted by Gasteiger charge is 2.30. The topological polar surface area (TPSA) is 36.7 Å². The van der Waals surface area contributed by atoms with Crippen LogP contribution in [-0.2, 0) is 0 Å². The third-order valence-corrected chi connectivity index (χ3v) is 5.38. The molecule has 3 rings (SSSR count). The summed E-state index contributed by atoms with van der Waals surface area (Å²) in [6.07, 6.45) is 1.98. The SMILES string of the molecule is Cc1c(C(=O)N(C)C2CCN(C)C(C)C2)oc2ccc(Cl)cc12. The highest BCUT2D eigenvalue weighted by atomic mass is 35.5. The number of nitrogens with zero attached hydrogens (tertiary/aromatic N) is 2. The Hall–Kier alpha value is -1.52. The van der Waals surface area contributed by atoms with Crippen molar-refractivity contribution < 1.29 is 9.21 Å². The van der Waals surface area contributed by atoms with Crippen molar-refractivity contribution in [2.24, 2.45) is 0 Å². The van der Waals surface area contributed by atoms with Crippen molar-refractivity contribution in [3.05, 3.63) is 34.5 Å². The highest BCUT2D eigenvalue weighted by Crippen LogP contribution is 2.30. The fourth-order valence-corrected chi connectivity index (χ4v) is 3.51. The van der Waals surface area contributed by atoms with Gasteiger partial charge in [0.1, 0.15) is 5.58 Å². The van der Waals surface area contributed by atoms with Crippen LogP contribution in [0.3, 0.4) is 0 Å². The molecule has 0 N–H and O–H groups in total. The Balaban J connectivity index is 1.86. The van der Waals surface area contributed by atoms with E-state index in [1.807, 2.05) is 31.0 Å². The van der Waals surface area contributed by atoms with Gasteiger partial charge in [0.15, 0.2) is 5.76 Å². The molecule has 0 radical (unpaired) electrons. The normalized spacial score (nSPS) is 22.5. The van der Waals surface area contributed by atoms with Crippen LogP contribution in [0, 0.1) is 6.92 Å². The highest BCUT2D eigenvalue weighted by molar-refractivity contribution is 6.31. The number of carbonyl (C=O) groups excluding carboxylic acids is 1. The zero-order valence-electron chi connectivity index (χ0n) is 14.1. The molecular formula is C18H23ClN2O2. The number of furan rings is 1. The van der Waals surface area contributed by atoms with E-state index in [9.17, 15) is 4.79 Å². The number of piperidine rings is 1. The lowest BCUT2D eigenvalue weighted by Crippen LogP contribution is -2.48. The van der Waals surface area contributed by atoms with Gasteiger partial charge in [0.05, 0.1) is 0 Å². The monoisotopic (exact) mass is 334 g/mol. The van der Waals surface area contributed by atoms with Crippen LogP contribution in [0.15, 0.2) is 22.6 Å². The van der Waals surface area contributed by atoms with E-state index in [1.54, 1.807) is 6.07 Å². The molecule has 23 heavy (non-hydrogen) atoms. The van der Waals surface area contributed by atoms with Crippen LogP contribution in [0.1, 0.15) is 35.9 Å². The van der Waals surface area contributed by atoms with E-state index in [2.05, 4.69) is 18.9 Å². The van der Waals surface area contributed by atoms with Crippen LogP contribution in [0.25, 0.3) is 11.0 Å². The predicted octanol–water partition coefficient (Wildman–Crippen LogP) is 3.95. The molecule has 1 fully saturated rings. The van der Waals surface area contributed by atoms with Crippen molar-refractivity contribution in [1.82, 2.24) is 9.80 Å². The lowest BCUT2D eigenvalue weighted by atomic mass is 9.97. The number of aryl methyl sites for hydroxylation is 1. The Bertz CT molecular complexity index is 740. The molecule has 1 saturated heterocycles. The average Bonchev–Trinajstić information content (AvgIpc) is 2.85. The Morgan fingerprint density at radius 1 is 1.43 bits per heavy atom. The molecule has 0 bridgehead atoms. The van der Waals surface area contributed by atoms with Gasteiger partial charge in [-0.3, -0.25) is 4.79 Å². The Kier molecular flexibility index (Phi) is 4.39. The zero-order chi connectivity index (χ0) is 16.7. The smallest absolute Gasteiger partial charge is 0.289 e. The number of halogens is 1. The van der Waals surface area contributed by atoms with E-state index in [4.69, 9.17) is 16.0 Å². The van der Waals surface area contributed by atoms with Gasteiger partial charge in [0, 0.05) is 41.6 Å². The molecule has 1 aromatic heterocycles. The minimum atomic E-state index is -0.0448. The molecule has 1 amide bonds. The van der Waals surface area contributed by atoms with E-state index in [-0.39, 0.29) is 11.9 Å². The third-order valence-electron chi connectivity index (χ3n) is 5.14. The summed E-state index contributed by atoms with van der Waals surface area (Å²) in [7, 11) is 4.01. The Morgan fingerprint density at radius 2 is 2.17 bits per heavy atom. The maximum atomic E-state index is 12.9. The van der Waals surface area contributed by atoms with Gasteiger partial charge in [-0.15, -0.1) is 0 Å². The molecular weight excluding hydrogens is 312 g/mol. The maximum Gasteiger partial charge on any atom is 0.289 e. The molecule has 2 aromatic rings. The van der Waals surface area contributed by atoms with E-state index in [0.717, 1.165) is 30.3 Å². The molecule has 0 saturated carbocycles. The molecule has 2 unspecified atom stereocenters.